The predicted molar refractivity (Wildman–Crippen MR) is 82.8 cm³/mol. The van der Waals surface area contributed by atoms with Gasteiger partial charge in [0.1, 0.15) is 0 Å². The van der Waals surface area contributed by atoms with Crippen molar-refractivity contribution in [2.24, 2.45) is 5.41 Å². The molecule has 7 nitrogen and oxygen atoms in total. The minimum atomic E-state index is -1.50. The number of nitrogens with zero attached hydrogens (tertiary/aromatic N) is 1. The van der Waals surface area contributed by atoms with Gasteiger partial charge >= 0.3 is 11.9 Å². The van der Waals surface area contributed by atoms with Crippen LogP contribution in [-0.4, -0.2) is 30.1 Å². The lowest BCUT2D eigenvalue weighted by Crippen LogP contribution is -2.43. The topological polar surface area (TPSA) is 95.7 Å². The smallest absolute Gasteiger partial charge is 0.323 e. The summed E-state index contributed by atoms with van der Waals surface area (Å²) in [6.45, 7) is 5.25. The number of nitro groups is 1. The number of esters is 2. The van der Waals surface area contributed by atoms with E-state index in [4.69, 9.17) is 9.47 Å². The minimum Gasteiger partial charge on any atom is -0.465 e. The van der Waals surface area contributed by atoms with Crippen molar-refractivity contribution in [3.05, 3.63) is 39.9 Å². The lowest BCUT2D eigenvalue weighted by Gasteiger charge is -2.28. The molecule has 0 heterocycles. The van der Waals surface area contributed by atoms with Crippen LogP contribution >= 0.6 is 0 Å². The first kappa shape index (κ1) is 18.6. The van der Waals surface area contributed by atoms with Gasteiger partial charge in [0.15, 0.2) is 5.41 Å². The van der Waals surface area contributed by atoms with Crippen LogP contribution in [0.1, 0.15) is 32.8 Å². The molecular formula is C16H21NO6. The van der Waals surface area contributed by atoms with E-state index in [1.807, 2.05) is 0 Å². The van der Waals surface area contributed by atoms with Crippen LogP contribution < -0.4 is 0 Å². The number of hydrogen-bond donors (Lipinski definition) is 0. The van der Waals surface area contributed by atoms with Crippen LogP contribution in [-0.2, 0) is 25.5 Å². The van der Waals surface area contributed by atoms with E-state index in [2.05, 4.69) is 0 Å². The van der Waals surface area contributed by atoms with Gasteiger partial charge < -0.3 is 9.47 Å². The van der Waals surface area contributed by atoms with E-state index in [0.717, 1.165) is 0 Å². The highest BCUT2D eigenvalue weighted by Gasteiger charge is 2.47. The SMILES string of the molecule is CCOC(=O)C(CC)(Cc1cccc([N+](=O)[O-])c1)C(=O)OCC. The van der Waals surface area contributed by atoms with Gasteiger partial charge in [-0.2, -0.15) is 0 Å². The zero-order valence-corrected chi connectivity index (χ0v) is 13.5. The van der Waals surface area contributed by atoms with Gasteiger partial charge in [-0.3, -0.25) is 19.7 Å². The average Bonchev–Trinajstić information content (AvgIpc) is 2.53. The van der Waals surface area contributed by atoms with Crippen molar-refractivity contribution in [1.29, 1.82) is 0 Å². The van der Waals surface area contributed by atoms with Crippen molar-refractivity contribution in [2.75, 3.05) is 13.2 Å². The average molecular weight is 323 g/mol. The standard InChI is InChI=1S/C16H21NO6/c1-4-16(14(18)22-5-2,15(19)23-6-3)11-12-8-7-9-13(10-12)17(20)21/h7-10H,4-6,11H2,1-3H3. The van der Waals surface area contributed by atoms with Crippen LogP contribution in [0.3, 0.4) is 0 Å². The monoisotopic (exact) mass is 323 g/mol. The number of non-ortho nitro benzene ring substituents is 1. The Morgan fingerprint density at radius 2 is 1.70 bits per heavy atom. The van der Waals surface area contributed by atoms with Gasteiger partial charge in [0.2, 0.25) is 0 Å². The molecule has 0 atom stereocenters. The molecular weight excluding hydrogens is 302 g/mol. The maximum absolute atomic E-state index is 12.4. The Bertz CT molecular complexity index is 566. The Morgan fingerprint density at radius 1 is 1.13 bits per heavy atom. The summed E-state index contributed by atoms with van der Waals surface area (Å²) in [6, 6.07) is 5.86. The fourth-order valence-electron chi connectivity index (χ4n) is 2.31. The van der Waals surface area contributed by atoms with Gasteiger partial charge in [-0.25, -0.2) is 0 Å². The molecule has 0 unspecified atom stereocenters. The first-order valence-corrected chi connectivity index (χ1v) is 7.49. The van der Waals surface area contributed by atoms with Crippen LogP contribution in [0.4, 0.5) is 5.69 Å². The van der Waals surface area contributed by atoms with Crippen molar-refractivity contribution in [2.45, 2.75) is 33.6 Å². The van der Waals surface area contributed by atoms with Crippen LogP contribution in [0.5, 0.6) is 0 Å². The lowest BCUT2D eigenvalue weighted by molar-refractivity contribution is -0.384. The van der Waals surface area contributed by atoms with Crippen molar-refractivity contribution in [3.8, 4) is 0 Å². The molecule has 0 aromatic heterocycles. The first-order valence-electron chi connectivity index (χ1n) is 7.49. The Kier molecular flexibility index (Phi) is 6.68. The second-order valence-corrected chi connectivity index (χ2v) is 4.98. The Labute approximate surface area is 134 Å². The quantitative estimate of drug-likeness (QED) is 0.316. The minimum absolute atomic E-state index is 0.0111. The fourth-order valence-corrected chi connectivity index (χ4v) is 2.31. The van der Waals surface area contributed by atoms with E-state index in [9.17, 15) is 19.7 Å². The van der Waals surface area contributed by atoms with E-state index in [0.29, 0.717) is 5.56 Å². The molecule has 0 aliphatic rings. The molecule has 0 fully saturated rings. The third kappa shape index (κ3) is 4.28. The summed E-state index contributed by atoms with van der Waals surface area (Å²) in [4.78, 5) is 35.1. The van der Waals surface area contributed by atoms with Gasteiger partial charge in [-0.15, -0.1) is 0 Å². The molecule has 0 aliphatic carbocycles. The van der Waals surface area contributed by atoms with Crippen LogP contribution in [0.2, 0.25) is 0 Å². The maximum atomic E-state index is 12.4. The second-order valence-electron chi connectivity index (χ2n) is 4.98. The Hall–Kier alpha value is -2.44. The molecule has 1 aromatic carbocycles. The summed E-state index contributed by atoms with van der Waals surface area (Å²) in [5, 5.41) is 10.9. The van der Waals surface area contributed by atoms with Gasteiger partial charge in [-0.1, -0.05) is 19.1 Å². The van der Waals surface area contributed by atoms with Crippen molar-refractivity contribution in [1.82, 2.24) is 0 Å². The van der Waals surface area contributed by atoms with Crippen molar-refractivity contribution >= 4 is 17.6 Å². The highest BCUT2D eigenvalue weighted by atomic mass is 16.6. The summed E-state index contributed by atoms with van der Waals surface area (Å²) in [7, 11) is 0. The number of nitro benzene ring substituents is 1. The fraction of sp³-hybridized carbons (Fsp3) is 0.500. The molecule has 23 heavy (non-hydrogen) atoms. The molecule has 1 rings (SSSR count). The van der Waals surface area contributed by atoms with E-state index in [1.54, 1.807) is 26.8 Å². The second kappa shape index (κ2) is 8.26. The molecule has 7 heteroatoms. The summed E-state index contributed by atoms with van der Waals surface area (Å²) in [5.41, 5.74) is -1.09. The maximum Gasteiger partial charge on any atom is 0.323 e. The van der Waals surface area contributed by atoms with Gasteiger partial charge in [0.05, 0.1) is 18.1 Å². The van der Waals surface area contributed by atoms with E-state index in [1.165, 1.54) is 18.2 Å². The third-order valence-electron chi connectivity index (χ3n) is 3.56. The highest BCUT2D eigenvalue weighted by molar-refractivity contribution is 6.00. The predicted octanol–water partition coefficient (Wildman–Crippen LogP) is 2.66. The summed E-state index contributed by atoms with van der Waals surface area (Å²) < 4.78 is 10.1. The normalized spacial score (nSPS) is 10.9. The Balaban J connectivity index is 3.23. The van der Waals surface area contributed by atoms with Gasteiger partial charge in [0.25, 0.3) is 5.69 Å². The first-order chi connectivity index (χ1) is 10.9. The number of carbonyl (C=O) groups is 2. The number of hydrogen-bond acceptors (Lipinski definition) is 6. The van der Waals surface area contributed by atoms with E-state index in [-0.39, 0.29) is 31.7 Å². The number of ether oxygens (including phenoxy) is 2. The number of carbonyl (C=O) groups excluding carboxylic acids is 2. The molecule has 126 valence electrons. The van der Waals surface area contributed by atoms with Crippen molar-refractivity contribution < 1.29 is 24.0 Å². The zero-order chi connectivity index (χ0) is 17.5. The van der Waals surface area contributed by atoms with E-state index >= 15 is 0 Å². The third-order valence-corrected chi connectivity index (χ3v) is 3.56. The molecule has 0 radical (unpaired) electrons. The molecule has 0 saturated heterocycles. The van der Waals surface area contributed by atoms with Crippen LogP contribution in [0.15, 0.2) is 24.3 Å². The molecule has 0 N–H and O–H groups in total. The highest BCUT2D eigenvalue weighted by Crippen LogP contribution is 2.32. The molecule has 0 amide bonds. The number of benzene rings is 1. The van der Waals surface area contributed by atoms with Crippen molar-refractivity contribution in [3.63, 3.8) is 0 Å². The Morgan fingerprint density at radius 3 is 2.13 bits per heavy atom. The molecule has 1 aromatic rings. The number of rotatable bonds is 8. The molecule has 0 aliphatic heterocycles. The summed E-state index contributed by atoms with van der Waals surface area (Å²) in [5.74, 6) is -1.35. The van der Waals surface area contributed by atoms with Gasteiger partial charge in [-0.05, 0) is 32.3 Å². The lowest BCUT2D eigenvalue weighted by atomic mass is 9.79. The van der Waals surface area contributed by atoms with Gasteiger partial charge in [0, 0.05) is 12.1 Å². The summed E-state index contributed by atoms with van der Waals surface area (Å²) >= 11 is 0. The van der Waals surface area contributed by atoms with Crippen LogP contribution in [0, 0.1) is 15.5 Å². The zero-order valence-electron chi connectivity index (χ0n) is 13.5. The molecule has 0 saturated carbocycles. The summed E-state index contributed by atoms with van der Waals surface area (Å²) in [6.07, 6.45) is 0.163. The molecule has 0 bridgehead atoms. The molecule has 0 spiro atoms. The van der Waals surface area contributed by atoms with Crippen LogP contribution in [0.25, 0.3) is 0 Å². The largest absolute Gasteiger partial charge is 0.465 e. The van der Waals surface area contributed by atoms with E-state index < -0.39 is 22.3 Å².